The second-order valence-electron chi connectivity index (χ2n) is 6.15. The van der Waals surface area contributed by atoms with Crippen LogP contribution in [-0.2, 0) is 4.79 Å². The van der Waals surface area contributed by atoms with Crippen LogP contribution in [0.25, 0.3) is 0 Å². The third-order valence-electron chi connectivity index (χ3n) is 3.97. The van der Waals surface area contributed by atoms with Gasteiger partial charge in [0.1, 0.15) is 5.66 Å². The molecule has 0 atom stereocenters. The molecule has 0 saturated carbocycles. The first-order valence-corrected chi connectivity index (χ1v) is 8.65. The fraction of sp³-hybridized carbons (Fsp3) is 0.941. The van der Waals surface area contributed by atoms with E-state index in [0.717, 1.165) is 25.7 Å². The molecule has 4 N–H and O–H groups in total. The molecule has 0 aromatic heterocycles. The molecule has 0 spiro atoms. The maximum atomic E-state index is 11.9. The third-order valence-corrected chi connectivity index (χ3v) is 3.97. The van der Waals surface area contributed by atoms with Gasteiger partial charge in [-0.3, -0.25) is 4.79 Å². The number of rotatable bonds is 14. The van der Waals surface area contributed by atoms with Crippen molar-refractivity contribution in [1.82, 2.24) is 0 Å². The Morgan fingerprint density at radius 1 is 0.750 bits per heavy atom. The minimum atomic E-state index is -1.09. The Balaban J connectivity index is 3.47. The molecule has 0 bridgehead atoms. The van der Waals surface area contributed by atoms with Crippen LogP contribution in [0.5, 0.6) is 0 Å². The number of nitrogens with two attached hydrogens (primary N) is 2. The van der Waals surface area contributed by atoms with Gasteiger partial charge in [0.05, 0.1) is 0 Å². The molecule has 0 aliphatic rings. The lowest BCUT2D eigenvalue weighted by molar-refractivity contribution is -0.124. The van der Waals surface area contributed by atoms with Crippen LogP contribution in [0, 0.1) is 0 Å². The topological polar surface area (TPSA) is 69.1 Å². The standard InChI is InChI=1S/C17H36N2O/c1-3-5-7-8-9-10-11-12-13-14-16(20)17(18,19)15-6-4-2/h3-15,18-19H2,1-2H3. The van der Waals surface area contributed by atoms with E-state index in [1.165, 1.54) is 44.9 Å². The molecule has 0 unspecified atom stereocenters. The predicted octanol–water partition coefficient (Wildman–Crippen LogP) is 4.28. The van der Waals surface area contributed by atoms with Gasteiger partial charge in [0.2, 0.25) is 0 Å². The zero-order valence-corrected chi connectivity index (χ0v) is 13.8. The molecular formula is C17H36N2O. The number of hydrogen-bond acceptors (Lipinski definition) is 3. The zero-order valence-electron chi connectivity index (χ0n) is 13.8. The van der Waals surface area contributed by atoms with E-state index < -0.39 is 5.66 Å². The highest BCUT2D eigenvalue weighted by molar-refractivity contribution is 5.87. The molecule has 0 aliphatic heterocycles. The SMILES string of the molecule is CCCCCCCCCCCC(=O)C(N)(N)CCCC. The van der Waals surface area contributed by atoms with Crippen molar-refractivity contribution in [3.05, 3.63) is 0 Å². The average molecular weight is 284 g/mol. The van der Waals surface area contributed by atoms with Crippen LogP contribution < -0.4 is 11.5 Å². The van der Waals surface area contributed by atoms with Gasteiger partial charge in [0, 0.05) is 6.42 Å². The van der Waals surface area contributed by atoms with Gasteiger partial charge in [-0.05, 0) is 12.8 Å². The Kier molecular flexibility index (Phi) is 12.1. The summed E-state index contributed by atoms with van der Waals surface area (Å²) in [4.78, 5) is 11.9. The molecule has 0 aromatic rings. The molecule has 0 aromatic carbocycles. The van der Waals surface area contributed by atoms with Crippen molar-refractivity contribution in [2.75, 3.05) is 0 Å². The number of carbonyl (C=O) groups is 1. The van der Waals surface area contributed by atoms with Gasteiger partial charge in [0.25, 0.3) is 0 Å². The van der Waals surface area contributed by atoms with E-state index in [9.17, 15) is 4.79 Å². The maximum absolute atomic E-state index is 11.9. The molecule has 0 heterocycles. The minimum absolute atomic E-state index is 0.0360. The molecule has 0 fully saturated rings. The maximum Gasteiger partial charge on any atom is 0.166 e. The van der Waals surface area contributed by atoms with Gasteiger partial charge in [-0.1, -0.05) is 78.1 Å². The van der Waals surface area contributed by atoms with E-state index in [-0.39, 0.29) is 5.78 Å². The zero-order chi connectivity index (χ0) is 15.3. The highest BCUT2D eigenvalue weighted by atomic mass is 16.1. The molecular weight excluding hydrogens is 248 g/mol. The minimum Gasteiger partial charge on any atom is -0.307 e. The Morgan fingerprint density at radius 3 is 1.70 bits per heavy atom. The van der Waals surface area contributed by atoms with Crippen LogP contribution in [-0.4, -0.2) is 11.4 Å². The quantitative estimate of drug-likeness (QED) is 0.369. The first kappa shape index (κ1) is 19.6. The normalized spacial score (nSPS) is 11.8. The largest absolute Gasteiger partial charge is 0.307 e. The van der Waals surface area contributed by atoms with E-state index in [4.69, 9.17) is 11.5 Å². The molecule has 0 radical (unpaired) electrons. The first-order chi connectivity index (χ1) is 9.54. The van der Waals surface area contributed by atoms with Gasteiger partial charge < -0.3 is 11.5 Å². The highest BCUT2D eigenvalue weighted by Gasteiger charge is 2.26. The summed E-state index contributed by atoms with van der Waals surface area (Å²) < 4.78 is 0. The smallest absolute Gasteiger partial charge is 0.166 e. The molecule has 0 saturated heterocycles. The van der Waals surface area contributed by atoms with Crippen LogP contribution in [0.15, 0.2) is 0 Å². The van der Waals surface area contributed by atoms with Crippen LogP contribution in [0.3, 0.4) is 0 Å². The monoisotopic (exact) mass is 284 g/mol. The number of carbonyl (C=O) groups excluding carboxylic acids is 1. The fourth-order valence-electron chi connectivity index (χ4n) is 2.44. The number of Topliss-reactive ketones (excluding diaryl/α,β-unsaturated/α-hetero) is 1. The van der Waals surface area contributed by atoms with Gasteiger partial charge in [-0.2, -0.15) is 0 Å². The number of ketones is 1. The van der Waals surface area contributed by atoms with Crippen molar-refractivity contribution < 1.29 is 4.79 Å². The highest BCUT2D eigenvalue weighted by Crippen LogP contribution is 2.14. The lowest BCUT2D eigenvalue weighted by Crippen LogP contribution is -2.56. The molecule has 20 heavy (non-hydrogen) atoms. The van der Waals surface area contributed by atoms with E-state index >= 15 is 0 Å². The molecule has 120 valence electrons. The van der Waals surface area contributed by atoms with E-state index in [1.54, 1.807) is 0 Å². The Bertz CT molecular complexity index is 239. The first-order valence-electron chi connectivity index (χ1n) is 8.65. The van der Waals surface area contributed by atoms with Crippen molar-refractivity contribution in [1.29, 1.82) is 0 Å². The summed E-state index contributed by atoms with van der Waals surface area (Å²) in [5.74, 6) is 0.0360. The van der Waals surface area contributed by atoms with Gasteiger partial charge in [0.15, 0.2) is 5.78 Å². The summed E-state index contributed by atoms with van der Waals surface area (Å²) >= 11 is 0. The van der Waals surface area contributed by atoms with Crippen LogP contribution in [0.4, 0.5) is 0 Å². The summed E-state index contributed by atoms with van der Waals surface area (Å²) in [6.45, 7) is 4.33. The second kappa shape index (κ2) is 12.3. The Labute approximate surface area is 125 Å². The molecule has 3 nitrogen and oxygen atoms in total. The summed E-state index contributed by atoms with van der Waals surface area (Å²) in [7, 11) is 0. The summed E-state index contributed by atoms with van der Waals surface area (Å²) in [6, 6.07) is 0. The molecule has 3 heteroatoms. The lowest BCUT2D eigenvalue weighted by atomic mass is 9.95. The molecule has 0 rings (SSSR count). The number of hydrogen-bond donors (Lipinski definition) is 2. The van der Waals surface area contributed by atoms with Crippen molar-refractivity contribution in [3.8, 4) is 0 Å². The van der Waals surface area contributed by atoms with Gasteiger partial charge in [-0.25, -0.2) is 0 Å². The van der Waals surface area contributed by atoms with Crippen LogP contribution in [0.2, 0.25) is 0 Å². The van der Waals surface area contributed by atoms with Crippen molar-refractivity contribution in [2.45, 2.75) is 103 Å². The van der Waals surface area contributed by atoms with Gasteiger partial charge >= 0.3 is 0 Å². The molecule has 0 amide bonds. The molecule has 0 aliphatic carbocycles. The van der Waals surface area contributed by atoms with Crippen LogP contribution in [0.1, 0.15) is 97.3 Å². The predicted molar refractivity (Wildman–Crippen MR) is 87.5 cm³/mol. The van der Waals surface area contributed by atoms with E-state index in [2.05, 4.69) is 13.8 Å². The summed E-state index contributed by atoms with van der Waals surface area (Å²) in [5.41, 5.74) is 10.7. The lowest BCUT2D eigenvalue weighted by Gasteiger charge is -2.22. The third kappa shape index (κ3) is 10.4. The van der Waals surface area contributed by atoms with E-state index in [0.29, 0.717) is 12.8 Å². The van der Waals surface area contributed by atoms with Crippen LogP contribution >= 0.6 is 0 Å². The average Bonchev–Trinajstić information content (AvgIpc) is 2.43. The second-order valence-corrected chi connectivity index (χ2v) is 6.15. The summed E-state index contributed by atoms with van der Waals surface area (Å²) in [6.07, 6.45) is 14.4. The van der Waals surface area contributed by atoms with Gasteiger partial charge in [-0.15, -0.1) is 0 Å². The van der Waals surface area contributed by atoms with Crippen molar-refractivity contribution in [3.63, 3.8) is 0 Å². The van der Waals surface area contributed by atoms with Crippen molar-refractivity contribution >= 4 is 5.78 Å². The van der Waals surface area contributed by atoms with Crippen molar-refractivity contribution in [2.24, 2.45) is 11.5 Å². The fourth-order valence-corrected chi connectivity index (χ4v) is 2.44. The van der Waals surface area contributed by atoms with E-state index in [1.807, 2.05) is 0 Å². The number of unbranched alkanes of at least 4 members (excludes halogenated alkanes) is 9. The summed E-state index contributed by atoms with van der Waals surface area (Å²) in [5, 5.41) is 0. The Hall–Kier alpha value is -0.410. The Morgan fingerprint density at radius 2 is 1.20 bits per heavy atom.